The van der Waals surface area contributed by atoms with Gasteiger partial charge >= 0.3 is 0 Å². The molecule has 1 N–H and O–H groups in total. The molecule has 2 rings (SSSR count). The third kappa shape index (κ3) is 2.66. The van der Waals surface area contributed by atoms with E-state index in [9.17, 15) is 9.18 Å². The topological polar surface area (TPSA) is 40.5 Å². The number of amides is 1. The molecule has 1 atom stereocenters. The van der Waals surface area contributed by atoms with E-state index in [4.69, 9.17) is 5.11 Å². The van der Waals surface area contributed by atoms with Crippen molar-refractivity contribution in [1.82, 2.24) is 4.90 Å². The highest BCUT2D eigenvalue weighted by atomic mass is 79.9. The Morgan fingerprint density at radius 2 is 2.28 bits per heavy atom. The molecule has 1 heterocycles. The summed E-state index contributed by atoms with van der Waals surface area (Å²) in [5.74, 6) is -1.13. The first-order chi connectivity index (χ1) is 8.63. The van der Waals surface area contributed by atoms with Crippen molar-refractivity contribution in [3.05, 3.63) is 29.6 Å². The van der Waals surface area contributed by atoms with Crippen LogP contribution in [0, 0.1) is 5.82 Å². The van der Waals surface area contributed by atoms with Gasteiger partial charge < -0.3 is 10.0 Å². The molecule has 0 aliphatic carbocycles. The van der Waals surface area contributed by atoms with Crippen molar-refractivity contribution in [3.8, 4) is 5.75 Å². The van der Waals surface area contributed by atoms with Crippen molar-refractivity contribution in [3.63, 3.8) is 0 Å². The van der Waals surface area contributed by atoms with Gasteiger partial charge in [0, 0.05) is 24.0 Å². The predicted molar refractivity (Wildman–Crippen MR) is 70.5 cm³/mol. The average Bonchev–Trinajstić information content (AvgIpc) is 2.38. The number of aromatic hydroxyl groups is 1. The Hall–Kier alpha value is -1.10. The molecule has 0 radical (unpaired) electrons. The summed E-state index contributed by atoms with van der Waals surface area (Å²) in [4.78, 5) is 14.0. The molecule has 0 saturated carbocycles. The first-order valence-corrected chi connectivity index (χ1v) is 7.11. The van der Waals surface area contributed by atoms with Crippen LogP contribution in [-0.2, 0) is 0 Å². The zero-order chi connectivity index (χ0) is 13.1. The molecule has 3 nitrogen and oxygen atoms in total. The van der Waals surface area contributed by atoms with Gasteiger partial charge in [-0.25, -0.2) is 4.39 Å². The van der Waals surface area contributed by atoms with Gasteiger partial charge in [0.1, 0.15) is 11.6 Å². The molecule has 0 bridgehead atoms. The minimum Gasteiger partial charge on any atom is -0.508 e. The number of carbonyl (C=O) groups is 1. The normalized spacial score (nSPS) is 19.9. The second-order valence-corrected chi connectivity index (χ2v) is 5.11. The molecule has 1 aromatic carbocycles. The number of phenols is 1. The summed E-state index contributed by atoms with van der Waals surface area (Å²) in [5, 5.41) is 9.86. The van der Waals surface area contributed by atoms with Gasteiger partial charge in [0.15, 0.2) is 0 Å². The number of halogens is 2. The van der Waals surface area contributed by atoms with Crippen LogP contribution in [0.3, 0.4) is 0 Å². The van der Waals surface area contributed by atoms with Crippen molar-refractivity contribution in [2.75, 3.05) is 11.9 Å². The number of nitrogens with zero attached hydrogens (tertiary/aromatic N) is 1. The van der Waals surface area contributed by atoms with Crippen molar-refractivity contribution in [2.45, 2.75) is 25.3 Å². The molecule has 1 aromatic rings. The van der Waals surface area contributed by atoms with Crippen LogP contribution in [0.25, 0.3) is 0 Å². The third-order valence-electron chi connectivity index (χ3n) is 3.25. The Kier molecular flexibility index (Phi) is 4.22. The van der Waals surface area contributed by atoms with Gasteiger partial charge in [0.2, 0.25) is 0 Å². The number of phenolic OH excluding ortho intramolecular Hbond substituents is 1. The zero-order valence-corrected chi connectivity index (χ0v) is 11.5. The van der Waals surface area contributed by atoms with Crippen LogP contribution in [0.15, 0.2) is 18.2 Å². The van der Waals surface area contributed by atoms with Gasteiger partial charge in [-0.1, -0.05) is 15.9 Å². The SMILES string of the molecule is O=C(c1ccc(O)cc1F)N1CCCCC1CBr. The van der Waals surface area contributed by atoms with Crippen LogP contribution in [0.5, 0.6) is 5.75 Å². The summed E-state index contributed by atoms with van der Waals surface area (Å²) in [6.07, 6.45) is 2.99. The lowest BCUT2D eigenvalue weighted by Crippen LogP contribution is -2.44. The number of hydrogen-bond donors (Lipinski definition) is 1. The van der Waals surface area contributed by atoms with E-state index in [0.29, 0.717) is 11.9 Å². The summed E-state index contributed by atoms with van der Waals surface area (Å²) >= 11 is 3.39. The van der Waals surface area contributed by atoms with E-state index in [1.165, 1.54) is 12.1 Å². The van der Waals surface area contributed by atoms with Crippen molar-refractivity contribution >= 4 is 21.8 Å². The number of piperidine rings is 1. The number of benzene rings is 1. The van der Waals surface area contributed by atoms with E-state index in [1.54, 1.807) is 4.90 Å². The maximum atomic E-state index is 13.7. The standard InChI is InChI=1S/C13H15BrFNO2/c14-8-9-3-1-2-6-16(9)13(18)11-5-4-10(17)7-12(11)15/h4-5,7,9,17H,1-3,6,8H2. The molecule has 18 heavy (non-hydrogen) atoms. The lowest BCUT2D eigenvalue weighted by Gasteiger charge is -2.34. The van der Waals surface area contributed by atoms with E-state index >= 15 is 0 Å². The van der Waals surface area contributed by atoms with E-state index in [2.05, 4.69) is 15.9 Å². The van der Waals surface area contributed by atoms with Crippen LogP contribution in [0.1, 0.15) is 29.6 Å². The van der Waals surface area contributed by atoms with Gasteiger partial charge in [-0.3, -0.25) is 4.79 Å². The van der Waals surface area contributed by atoms with Gasteiger partial charge in [0.25, 0.3) is 5.91 Å². The maximum Gasteiger partial charge on any atom is 0.257 e. The quantitative estimate of drug-likeness (QED) is 0.852. The lowest BCUT2D eigenvalue weighted by molar-refractivity contribution is 0.0637. The smallest absolute Gasteiger partial charge is 0.257 e. The van der Waals surface area contributed by atoms with Crippen molar-refractivity contribution in [2.24, 2.45) is 0 Å². The number of likely N-dealkylation sites (tertiary alicyclic amines) is 1. The van der Waals surface area contributed by atoms with Gasteiger partial charge in [-0.15, -0.1) is 0 Å². The fourth-order valence-electron chi connectivity index (χ4n) is 2.26. The summed E-state index contributed by atoms with van der Waals surface area (Å²) in [5.41, 5.74) is 0.0284. The van der Waals surface area contributed by atoms with Crippen LogP contribution in [0.2, 0.25) is 0 Å². The summed E-state index contributed by atoms with van der Waals surface area (Å²) in [6.45, 7) is 0.662. The predicted octanol–water partition coefficient (Wildman–Crippen LogP) is 2.92. The Bertz CT molecular complexity index is 453. The molecule has 98 valence electrons. The van der Waals surface area contributed by atoms with Crippen LogP contribution < -0.4 is 0 Å². The van der Waals surface area contributed by atoms with Crippen LogP contribution in [-0.4, -0.2) is 33.8 Å². The summed E-state index contributed by atoms with van der Waals surface area (Å²) in [6, 6.07) is 3.77. The highest BCUT2D eigenvalue weighted by Gasteiger charge is 2.28. The van der Waals surface area contributed by atoms with Crippen LogP contribution >= 0.6 is 15.9 Å². The Morgan fingerprint density at radius 1 is 1.50 bits per heavy atom. The van der Waals surface area contributed by atoms with Crippen LogP contribution in [0.4, 0.5) is 4.39 Å². The zero-order valence-electron chi connectivity index (χ0n) is 9.90. The second-order valence-electron chi connectivity index (χ2n) is 4.47. The molecule has 0 aromatic heterocycles. The molecule has 1 aliphatic rings. The number of rotatable bonds is 2. The lowest BCUT2D eigenvalue weighted by atomic mass is 10.0. The van der Waals surface area contributed by atoms with E-state index in [1.807, 2.05) is 0 Å². The Balaban J connectivity index is 2.24. The van der Waals surface area contributed by atoms with Crippen molar-refractivity contribution in [1.29, 1.82) is 0 Å². The molecular formula is C13H15BrFNO2. The molecule has 1 amide bonds. The minimum absolute atomic E-state index is 0.0284. The molecule has 1 aliphatic heterocycles. The number of alkyl halides is 1. The molecular weight excluding hydrogens is 301 g/mol. The minimum atomic E-state index is -0.668. The fraction of sp³-hybridized carbons (Fsp3) is 0.462. The first-order valence-electron chi connectivity index (χ1n) is 5.99. The van der Waals surface area contributed by atoms with Gasteiger partial charge in [-0.05, 0) is 31.4 Å². The molecule has 1 saturated heterocycles. The first kappa shape index (κ1) is 13.3. The van der Waals surface area contributed by atoms with Crippen molar-refractivity contribution < 1.29 is 14.3 Å². The number of hydrogen-bond acceptors (Lipinski definition) is 2. The molecule has 1 fully saturated rings. The maximum absolute atomic E-state index is 13.7. The average molecular weight is 316 g/mol. The van der Waals surface area contributed by atoms with E-state index in [-0.39, 0.29) is 23.3 Å². The van der Waals surface area contributed by atoms with Gasteiger partial charge in [-0.2, -0.15) is 0 Å². The summed E-state index contributed by atoms with van der Waals surface area (Å²) < 4.78 is 13.7. The Morgan fingerprint density at radius 3 is 2.94 bits per heavy atom. The van der Waals surface area contributed by atoms with Gasteiger partial charge in [0.05, 0.1) is 5.56 Å². The highest BCUT2D eigenvalue weighted by Crippen LogP contribution is 2.23. The third-order valence-corrected chi connectivity index (χ3v) is 4.00. The Labute approximate surface area is 114 Å². The van der Waals surface area contributed by atoms with E-state index < -0.39 is 5.82 Å². The second kappa shape index (κ2) is 5.69. The summed E-state index contributed by atoms with van der Waals surface area (Å²) in [7, 11) is 0. The monoisotopic (exact) mass is 315 g/mol. The number of carbonyl (C=O) groups excluding carboxylic acids is 1. The van der Waals surface area contributed by atoms with E-state index in [0.717, 1.165) is 25.3 Å². The molecule has 5 heteroatoms. The fourth-order valence-corrected chi connectivity index (χ4v) is 2.93. The molecule has 0 spiro atoms. The highest BCUT2D eigenvalue weighted by molar-refractivity contribution is 9.09. The largest absolute Gasteiger partial charge is 0.508 e. The molecule has 1 unspecified atom stereocenters.